The summed E-state index contributed by atoms with van der Waals surface area (Å²) in [5.74, 6) is 2.03. The van der Waals surface area contributed by atoms with Crippen LogP contribution in [-0.2, 0) is 0 Å². The predicted octanol–water partition coefficient (Wildman–Crippen LogP) is 5.52. The van der Waals surface area contributed by atoms with Crippen molar-refractivity contribution in [2.75, 3.05) is 19.5 Å². The summed E-state index contributed by atoms with van der Waals surface area (Å²) in [7, 11) is 3.15. The van der Waals surface area contributed by atoms with E-state index >= 15 is 0 Å². The van der Waals surface area contributed by atoms with Crippen molar-refractivity contribution in [1.29, 1.82) is 0 Å². The lowest BCUT2D eigenvalue weighted by atomic mass is 10.2. The second-order valence-electron chi connectivity index (χ2n) is 8.21. The average molecular weight is 512 g/mol. The van der Waals surface area contributed by atoms with Crippen LogP contribution in [0.4, 0.5) is 17.5 Å². The Morgan fingerprint density at radius 1 is 0.919 bits per heavy atom. The van der Waals surface area contributed by atoms with Gasteiger partial charge in [0.05, 0.1) is 30.0 Å². The van der Waals surface area contributed by atoms with Crippen molar-refractivity contribution in [2.24, 2.45) is 16.5 Å². The van der Waals surface area contributed by atoms with Crippen LogP contribution in [0, 0.1) is 0 Å². The van der Waals surface area contributed by atoms with Gasteiger partial charge in [-0.25, -0.2) is 9.97 Å². The molecule has 2 heterocycles. The van der Waals surface area contributed by atoms with Crippen molar-refractivity contribution in [3.63, 3.8) is 0 Å². The summed E-state index contributed by atoms with van der Waals surface area (Å²) >= 11 is 1.66. The molecule has 3 aromatic carbocycles. The first-order valence-corrected chi connectivity index (χ1v) is 12.2. The third-order valence-corrected chi connectivity index (χ3v) is 6.57. The molecule has 37 heavy (non-hydrogen) atoms. The Morgan fingerprint density at radius 2 is 1.65 bits per heavy atom. The maximum Gasteiger partial charge on any atom is 0.253 e. The van der Waals surface area contributed by atoms with Crippen molar-refractivity contribution in [1.82, 2.24) is 15.0 Å². The first-order chi connectivity index (χ1) is 17.9. The number of thiazole rings is 1. The van der Waals surface area contributed by atoms with E-state index in [0.29, 0.717) is 28.5 Å². The Hall–Kier alpha value is -4.70. The van der Waals surface area contributed by atoms with Crippen LogP contribution >= 0.6 is 11.3 Å². The smallest absolute Gasteiger partial charge is 0.253 e. The topological polar surface area (TPSA) is 134 Å². The first kappa shape index (κ1) is 24.0. The zero-order valence-electron chi connectivity index (χ0n) is 20.5. The number of ether oxygens (including phenoxy) is 2. The van der Waals surface area contributed by atoms with Crippen molar-refractivity contribution in [3.8, 4) is 22.1 Å². The highest BCUT2D eigenvalue weighted by molar-refractivity contribution is 7.21. The molecule has 0 aliphatic heterocycles. The van der Waals surface area contributed by atoms with Crippen molar-refractivity contribution in [2.45, 2.75) is 6.92 Å². The van der Waals surface area contributed by atoms with Gasteiger partial charge in [0.25, 0.3) is 5.95 Å². The van der Waals surface area contributed by atoms with Crippen LogP contribution in [0.3, 0.4) is 0 Å². The number of benzene rings is 3. The van der Waals surface area contributed by atoms with Crippen molar-refractivity contribution in [3.05, 3.63) is 72.4 Å². The average Bonchev–Trinajstić information content (AvgIpc) is 3.32. The maximum absolute atomic E-state index is 6.00. The summed E-state index contributed by atoms with van der Waals surface area (Å²) in [5.41, 5.74) is 15.7. The van der Waals surface area contributed by atoms with Gasteiger partial charge in [-0.05, 0) is 55.5 Å². The molecule has 0 saturated carbocycles. The quantitative estimate of drug-likeness (QED) is 0.192. The van der Waals surface area contributed by atoms with E-state index in [4.69, 9.17) is 25.9 Å². The summed E-state index contributed by atoms with van der Waals surface area (Å²) in [6.07, 6.45) is 1.55. The number of nitrogens with one attached hydrogen (secondary N) is 1. The van der Waals surface area contributed by atoms with E-state index in [2.05, 4.69) is 26.3 Å². The molecular weight excluding hydrogens is 486 g/mol. The number of aromatic nitrogens is 3. The number of nitrogens with two attached hydrogens (primary N) is 2. The number of methoxy groups -OCH3 is 2. The monoisotopic (exact) mass is 511 g/mol. The molecule has 5 aromatic rings. The summed E-state index contributed by atoms with van der Waals surface area (Å²) in [5, 5.41) is 5.08. The van der Waals surface area contributed by atoms with Gasteiger partial charge in [-0.1, -0.05) is 12.1 Å². The number of amidine groups is 1. The molecule has 0 spiro atoms. The third kappa shape index (κ3) is 5.14. The van der Waals surface area contributed by atoms with E-state index in [1.54, 1.807) is 44.6 Å². The highest BCUT2D eigenvalue weighted by Crippen LogP contribution is 2.36. The predicted molar refractivity (Wildman–Crippen MR) is 150 cm³/mol. The number of rotatable bonds is 7. The summed E-state index contributed by atoms with van der Waals surface area (Å²) in [6, 6.07) is 19.7. The number of hydrogen-bond acceptors (Lipinski definition) is 9. The molecule has 9 nitrogen and oxygen atoms in total. The molecule has 0 atom stereocenters. The number of fused-ring (bicyclic) bond motifs is 2. The van der Waals surface area contributed by atoms with E-state index < -0.39 is 0 Å². The maximum atomic E-state index is 6.00. The molecule has 2 aromatic heterocycles. The lowest BCUT2D eigenvalue weighted by molar-refractivity contribution is 0.356. The first-order valence-electron chi connectivity index (χ1n) is 11.4. The highest BCUT2D eigenvalue weighted by Gasteiger charge is 2.14. The standard InChI is InChI=1S/C27H25N7O2S/c1-15(28)12-24(29)33-27-32-20-14-22(36-3)21(35-2)13-18(20)25(34-27)30-17-10-8-16(9-11-17)26-31-19-6-4-5-7-23(19)37-26/h4-14H,28H2,1-3H3,(H3,29,30,32,33,34)/b15-12-. The second-order valence-corrected chi connectivity index (χ2v) is 9.24. The van der Waals surface area contributed by atoms with Crippen molar-refractivity contribution < 1.29 is 9.47 Å². The highest BCUT2D eigenvalue weighted by atomic mass is 32.1. The Morgan fingerprint density at radius 3 is 2.35 bits per heavy atom. The van der Waals surface area contributed by atoms with Gasteiger partial charge in [0.2, 0.25) is 0 Å². The molecule has 0 radical (unpaired) electrons. The van der Waals surface area contributed by atoms with Crippen LogP contribution in [-0.4, -0.2) is 35.0 Å². The molecule has 0 aliphatic carbocycles. The molecule has 5 rings (SSSR count). The van der Waals surface area contributed by atoms with E-state index in [1.807, 2.05) is 48.5 Å². The normalized spacial score (nSPS) is 12.2. The van der Waals surface area contributed by atoms with Gasteiger partial charge in [0.15, 0.2) is 11.5 Å². The lowest BCUT2D eigenvalue weighted by Gasteiger charge is -2.13. The van der Waals surface area contributed by atoms with Crippen LogP contribution in [0.25, 0.3) is 31.7 Å². The number of nitrogens with zero attached hydrogens (tertiary/aromatic N) is 4. The molecule has 0 amide bonds. The Bertz CT molecular complexity index is 1620. The van der Waals surface area contributed by atoms with Crippen molar-refractivity contribution >= 4 is 55.7 Å². The summed E-state index contributed by atoms with van der Waals surface area (Å²) in [4.78, 5) is 18.2. The summed E-state index contributed by atoms with van der Waals surface area (Å²) in [6.45, 7) is 1.73. The molecule has 186 valence electrons. The Balaban J connectivity index is 1.54. The lowest BCUT2D eigenvalue weighted by Crippen LogP contribution is -2.10. The zero-order valence-corrected chi connectivity index (χ0v) is 21.3. The van der Waals surface area contributed by atoms with Gasteiger partial charge in [-0.2, -0.15) is 9.98 Å². The fourth-order valence-corrected chi connectivity index (χ4v) is 4.77. The van der Waals surface area contributed by atoms with Gasteiger partial charge in [-0.3, -0.25) is 0 Å². The minimum Gasteiger partial charge on any atom is -0.493 e. The number of aliphatic imine (C=N–C) groups is 1. The van der Waals surface area contributed by atoms with Crippen LogP contribution < -0.4 is 26.3 Å². The number of hydrogen-bond donors (Lipinski definition) is 3. The minimum absolute atomic E-state index is 0.184. The van der Waals surface area contributed by atoms with Gasteiger partial charge < -0.3 is 26.3 Å². The second kappa shape index (κ2) is 10.1. The van der Waals surface area contributed by atoms with Gasteiger partial charge >= 0.3 is 0 Å². The fourth-order valence-electron chi connectivity index (χ4n) is 3.80. The molecule has 10 heteroatoms. The molecule has 0 fully saturated rings. The molecule has 0 unspecified atom stereocenters. The van der Waals surface area contributed by atoms with Crippen LogP contribution in [0.5, 0.6) is 11.5 Å². The Labute approximate surface area is 217 Å². The van der Waals surface area contributed by atoms with Crippen LogP contribution in [0.15, 0.2) is 77.4 Å². The molecule has 0 saturated heterocycles. The SMILES string of the molecule is COc1cc2nc(/N=C(N)/C=C(/C)N)nc(Nc3ccc(-c4nc5ccccc5s4)cc3)c2cc1OC. The molecular formula is C27H25N7O2S. The van der Waals surface area contributed by atoms with E-state index in [0.717, 1.165) is 31.9 Å². The third-order valence-electron chi connectivity index (χ3n) is 5.48. The summed E-state index contributed by atoms with van der Waals surface area (Å²) < 4.78 is 12.1. The largest absolute Gasteiger partial charge is 0.493 e. The van der Waals surface area contributed by atoms with Crippen LogP contribution in [0.2, 0.25) is 0 Å². The minimum atomic E-state index is 0.184. The molecule has 5 N–H and O–H groups in total. The molecule has 0 bridgehead atoms. The zero-order chi connectivity index (χ0) is 25.9. The number of para-hydroxylation sites is 1. The number of allylic oxidation sites excluding steroid dienone is 1. The van der Waals surface area contributed by atoms with Gasteiger partial charge in [0.1, 0.15) is 16.7 Å². The van der Waals surface area contributed by atoms with Gasteiger partial charge in [0, 0.05) is 28.4 Å². The van der Waals surface area contributed by atoms with E-state index in [-0.39, 0.29) is 11.8 Å². The van der Waals surface area contributed by atoms with Crippen LogP contribution in [0.1, 0.15) is 6.92 Å². The van der Waals surface area contributed by atoms with E-state index in [9.17, 15) is 0 Å². The van der Waals surface area contributed by atoms with E-state index in [1.165, 1.54) is 0 Å². The number of anilines is 2. The molecule has 0 aliphatic rings. The fraction of sp³-hybridized carbons (Fsp3) is 0.111. The van der Waals surface area contributed by atoms with Gasteiger partial charge in [-0.15, -0.1) is 11.3 Å². The Kier molecular flexibility index (Phi) is 6.57.